The highest BCUT2D eigenvalue weighted by Crippen LogP contribution is 2.39. The number of nitrogens with one attached hydrogen (secondary N) is 1. The molecule has 0 bridgehead atoms. The average molecular weight is 291 g/mol. The number of carbonyl (C=O) groups is 2. The van der Waals surface area contributed by atoms with Gasteiger partial charge in [-0.2, -0.15) is 0 Å². The first-order chi connectivity index (χ1) is 10.0. The molecule has 6 nitrogen and oxygen atoms in total. The van der Waals surface area contributed by atoms with Gasteiger partial charge in [0.2, 0.25) is 0 Å². The van der Waals surface area contributed by atoms with E-state index in [0.29, 0.717) is 5.75 Å². The molecule has 0 aromatic heterocycles. The van der Waals surface area contributed by atoms with Crippen LogP contribution in [0.2, 0.25) is 0 Å². The van der Waals surface area contributed by atoms with Crippen molar-refractivity contribution >= 4 is 11.9 Å². The molecule has 2 aliphatic heterocycles. The molecular formula is C15H17NO5. The molecule has 1 aromatic rings. The second-order valence-electron chi connectivity index (χ2n) is 5.65. The fourth-order valence-electron chi connectivity index (χ4n) is 3.15. The average Bonchev–Trinajstić information content (AvgIpc) is 2.46. The first-order valence-electron chi connectivity index (χ1n) is 7.04. The van der Waals surface area contributed by atoms with Crippen molar-refractivity contribution in [1.82, 2.24) is 5.32 Å². The fraction of sp³-hybridized carbons (Fsp3) is 0.467. The van der Waals surface area contributed by atoms with Gasteiger partial charge in [-0.05, 0) is 56.5 Å². The first-order valence-corrected chi connectivity index (χ1v) is 7.04. The van der Waals surface area contributed by atoms with Crippen LogP contribution in [0, 0.1) is 0 Å². The third kappa shape index (κ3) is 2.47. The molecule has 3 N–H and O–H groups in total. The van der Waals surface area contributed by atoms with Crippen LogP contribution < -0.4 is 10.1 Å². The van der Waals surface area contributed by atoms with Crippen LogP contribution in [0.1, 0.15) is 45.5 Å². The van der Waals surface area contributed by atoms with E-state index < -0.39 is 11.9 Å². The molecule has 1 spiro atoms. The van der Waals surface area contributed by atoms with Gasteiger partial charge >= 0.3 is 11.9 Å². The van der Waals surface area contributed by atoms with Crippen molar-refractivity contribution in [2.75, 3.05) is 13.1 Å². The van der Waals surface area contributed by atoms with Crippen LogP contribution in [0.4, 0.5) is 0 Å². The monoisotopic (exact) mass is 291 g/mol. The summed E-state index contributed by atoms with van der Waals surface area (Å²) < 4.78 is 6.09. The second kappa shape index (κ2) is 5.04. The standard InChI is InChI=1S/C15H17NO5/c17-13(18)10-7-9-1-2-15(3-5-16-6-4-15)21-12(9)8-11(10)14(19)20/h7-8,16H,1-6H2,(H,17,18)(H,19,20). The minimum absolute atomic E-state index is 0.175. The van der Waals surface area contributed by atoms with E-state index in [1.54, 1.807) is 0 Å². The van der Waals surface area contributed by atoms with Crippen LogP contribution in [0.3, 0.4) is 0 Å². The highest BCUT2D eigenvalue weighted by molar-refractivity contribution is 6.02. The van der Waals surface area contributed by atoms with Crippen LogP contribution >= 0.6 is 0 Å². The van der Waals surface area contributed by atoms with E-state index in [9.17, 15) is 14.7 Å². The molecule has 112 valence electrons. The molecule has 0 radical (unpaired) electrons. The number of fused-ring (bicyclic) bond motifs is 1. The summed E-state index contributed by atoms with van der Waals surface area (Å²) in [4.78, 5) is 22.4. The number of benzene rings is 1. The van der Waals surface area contributed by atoms with E-state index in [1.165, 1.54) is 12.1 Å². The van der Waals surface area contributed by atoms with E-state index in [2.05, 4.69) is 5.32 Å². The lowest BCUT2D eigenvalue weighted by atomic mass is 9.83. The summed E-state index contributed by atoms with van der Waals surface area (Å²) in [5.41, 5.74) is 0.151. The zero-order valence-electron chi connectivity index (χ0n) is 11.5. The van der Waals surface area contributed by atoms with Crippen LogP contribution in [0.25, 0.3) is 0 Å². The molecule has 0 aliphatic carbocycles. The Kier molecular flexibility index (Phi) is 3.33. The minimum Gasteiger partial charge on any atom is -0.487 e. The lowest BCUT2D eigenvalue weighted by molar-refractivity contribution is 0.0167. The molecule has 21 heavy (non-hydrogen) atoms. The Balaban J connectivity index is 2.00. The van der Waals surface area contributed by atoms with Gasteiger partial charge in [-0.1, -0.05) is 0 Å². The van der Waals surface area contributed by atoms with Gasteiger partial charge in [-0.3, -0.25) is 0 Å². The first kappa shape index (κ1) is 13.9. The van der Waals surface area contributed by atoms with Gasteiger partial charge in [0.1, 0.15) is 11.4 Å². The molecule has 2 heterocycles. The van der Waals surface area contributed by atoms with Crippen LogP contribution in [0.5, 0.6) is 5.75 Å². The number of carboxylic acids is 2. The molecule has 0 atom stereocenters. The van der Waals surface area contributed by atoms with Gasteiger partial charge < -0.3 is 20.3 Å². The summed E-state index contributed by atoms with van der Waals surface area (Å²) in [6.45, 7) is 1.77. The SMILES string of the molecule is O=C(O)c1cc2c(cc1C(=O)O)OC1(CCNCC1)CC2. The normalized spacial score (nSPS) is 19.6. The molecule has 2 aliphatic rings. The summed E-state index contributed by atoms with van der Waals surface area (Å²) in [7, 11) is 0. The fourth-order valence-corrected chi connectivity index (χ4v) is 3.15. The van der Waals surface area contributed by atoms with Crippen LogP contribution in [0.15, 0.2) is 12.1 Å². The number of aryl methyl sites for hydroxylation is 1. The van der Waals surface area contributed by atoms with Crippen LogP contribution in [-0.4, -0.2) is 40.8 Å². The van der Waals surface area contributed by atoms with E-state index in [4.69, 9.17) is 9.84 Å². The quantitative estimate of drug-likeness (QED) is 0.764. The van der Waals surface area contributed by atoms with E-state index in [1.807, 2.05) is 0 Å². The largest absolute Gasteiger partial charge is 0.487 e. The molecule has 3 rings (SSSR count). The molecule has 1 aromatic carbocycles. The van der Waals surface area contributed by atoms with Crippen molar-refractivity contribution in [2.24, 2.45) is 0 Å². The Morgan fingerprint density at radius 3 is 2.29 bits per heavy atom. The Labute approximate surface area is 121 Å². The zero-order chi connectivity index (χ0) is 15.0. The molecule has 1 fully saturated rings. The predicted molar refractivity (Wildman–Crippen MR) is 74.1 cm³/mol. The number of hydrogen-bond donors (Lipinski definition) is 3. The van der Waals surface area contributed by atoms with Gasteiger partial charge in [0, 0.05) is 0 Å². The van der Waals surface area contributed by atoms with Crippen molar-refractivity contribution in [3.63, 3.8) is 0 Å². The zero-order valence-corrected chi connectivity index (χ0v) is 11.5. The molecule has 1 saturated heterocycles. The van der Waals surface area contributed by atoms with Crippen molar-refractivity contribution in [1.29, 1.82) is 0 Å². The van der Waals surface area contributed by atoms with Crippen molar-refractivity contribution in [2.45, 2.75) is 31.3 Å². The highest BCUT2D eigenvalue weighted by atomic mass is 16.5. The van der Waals surface area contributed by atoms with E-state index in [-0.39, 0.29) is 16.7 Å². The lowest BCUT2D eigenvalue weighted by Gasteiger charge is -2.41. The minimum atomic E-state index is -1.25. The van der Waals surface area contributed by atoms with E-state index >= 15 is 0 Å². The molecule has 6 heteroatoms. The highest BCUT2D eigenvalue weighted by Gasteiger charge is 2.38. The molecule has 0 amide bonds. The van der Waals surface area contributed by atoms with Crippen molar-refractivity contribution in [3.05, 3.63) is 28.8 Å². The van der Waals surface area contributed by atoms with Crippen molar-refractivity contribution < 1.29 is 24.5 Å². The summed E-state index contributed by atoms with van der Waals surface area (Å²) >= 11 is 0. The van der Waals surface area contributed by atoms with Gasteiger partial charge in [0.05, 0.1) is 11.1 Å². The number of hydrogen-bond acceptors (Lipinski definition) is 4. The summed E-state index contributed by atoms with van der Waals surface area (Å²) in [6, 6.07) is 2.80. The molecule has 0 saturated carbocycles. The van der Waals surface area contributed by atoms with Crippen LogP contribution in [-0.2, 0) is 6.42 Å². The number of rotatable bonds is 2. The maximum atomic E-state index is 11.3. The molecular weight excluding hydrogens is 274 g/mol. The van der Waals surface area contributed by atoms with Gasteiger partial charge in [-0.25, -0.2) is 9.59 Å². The Morgan fingerprint density at radius 1 is 1.05 bits per heavy atom. The number of carboxylic acid groups (broad SMARTS) is 2. The van der Waals surface area contributed by atoms with Gasteiger partial charge in [0.15, 0.2) is 0 Å². The topological polar surface area (TPSA) is 95.9 Å². The smallest absolute Gasteiger partial charge is 0.336 e. The maximum absolute atomic E-state index is 11.3. The van der Waals surface area contributed by atoms with Gasteiger partial charge in [-0.15, -0.1) is 0 Å². The van der Waals surface area contributed by atoms with Crippen molar-refractivity contribution in [3.8, 4) is 5.75 Å². The lowest BCUT2D eigenvalue weighted by Crippen LogP contribution is -2.48. The molecule has 0 unspecified atom stereocenters. The number of piperidine rings is 1. The van der Waals surface area contributed by atoms with E-state index in [0.717, 1.165) is 44.3 Å². The number of ether oxygens (including phenoxy) is 1. The van der Waals surface area contributed by atoms with Gasteiger partial charge in [0.25, 0.3) is 0 Å². The summed E-state index contributed by atoms with van der Waals surface area (Å²) in [5.74, 6) is -1.95. The summed E-state index contributed by atoms with van der Waals surface area (Å²) in [5, 5.41) is 21.6. The predicted octanol–water partition coefficient (Wildman–Crippen LogP) is 1.53. The Hall–Kier alpha value is -2.08. The second-order valence-corrected chi connectivity index (χ2v) is 5.65. The number of aromatic carboxylic acids is 2. The summed E-state index contributed by atoms with van der Waals surface area (Å²) in [6.07, 6.45) is 3.33. The third-order valence-electron chi connectivity index (χ3n) is 4.35. The maximum Gasteiger partial charge on any atom is 0.336 e. The Morgan fingerprint density at radius 2 is 1.67 bits per heavy atom. The Bertz CT molecular complexity index is 604. The third-order valence-corrected chi connectivity index (χ3v) is 4.35.